The van der Waals surface area contributed by atoms with Crippen LogP contribution in [-0.2, 0) is 14.1 Å². The van der Waals surface area contributed by atoms with Gasteiger partial charge in [0.1, 0.15) is 0 Å². The van der Waals surface area contributed by atoms with Gasteiger partial charge in [0.05, 0.1) is 11.4 Å². The van der Waals surface area contributed by atoms with E-state index in [2.05, 4.69) is 20.6 Å². The van der Waals surface area contributed by atoms with Gasteiger partial charge in [-0.3, -0.25) is 9.59 Å². The molecule has 2 amide bonds. The standard InChI is InChI=1S/C16H16N6O2/c1-21-9-7-17-13(21)15(23)19-11-5-3-4-6-12(11)20-16(24)14-18-8-10-22(14)2/h3-10H,1-2H3,(H,19,23)(H,20,24). The fourth-order valence-electron chi connectivity index (χ4n) is 2.23. The molecule has 3 aromatic rings. The lowest BCUT2D eigenvalue weighted by Gasteiger charge is -2.12. The van der Waals surface area contributed by atoms with E-state index >= 15 is 0 Å². The van der Waals surface area contributed by atoms with Gasteiger partial charge in [-0.2, -0.15) is 0 Å². The number of hydrogen-bond donors (Lipinski definition) is 2. The van der Waals surface area contributed by atoms with Crippen LogP contribution in [0.15, 0.2) is 49.1 Å². The number of carbonyl (C=O) groups excluding carboxylic acids is 2. The molecule has 8 nitrogen and oxygen atoms in total. The van der Waals surface area contributed by atoms with Crippen molar-refractivity contribution in [2.75, 3.05) is 10.6 Å². The number of nitrogens with one attached hydrogen (secondary N) is 2. The topological polar surface area (TPSA) is 93.8 Å². The number of para-hydroxylation sites is 2. The molecule has 122 valence electrons. The number of anilines is 2. The molecule has 0 aliphatic rings. The zero-order valence-electron chi connectivity index (χ0n) is 13.2. The molecule has 0 saturated heterocycles. The number of nitrogens with zero attached hydrogens (tertiary/aromatic N) is 4. The van der Waals surface area contributed by atoms with Crippen LogP contribution in [0.25, 0.3) is 0 Å². The average molecular weight is 324 g/mol. The second kappa shape index (κ2) is 6.37. The van der Waals surface area contributed by atoms with Gasteiger partial charge < -0.3 is 19.8 Å². The molecule has 0 saturated carbocycles. The van der Waals surface area contributed by atoms with E-state index in [-0.39, 0.29) is 23.5 Å². The van der Waals surface area contributed by atoms with Crippen LogP contribution in [-0.4, -0.2) is 30.9 Å². The van der Waals surface area contributed by atoms with Crippen molar-refractivity contribution >= 4 is 23.2 Å². The minimum Gasteiger partial charge on any atom is -0.330 e. The number of imidazole rings is 2. The Morgan fingerprint density at radius 1 is 0.833 bits per heavy atom. The second-order valence-electron chi connectivity index (χ2n) is 5.18. The summed E-state index contributed by atoms with van der Waals surface area (Å²) in [5, 5.41) is 5.51. The summed E-state index contributed by atoms with van der Waals surface area (Å²) < 4.78 is 3.23. The van der Waals surface area contributed by atoms with Gasteiger partial charge in [-0.05, 0) is 12.1 Å². The van der Waals surface area contributed by atoms with Crippen molar-refractivity contribution in [2.45, 2.75) is 0 Å². The van der Waals surface area contributed by atoms with Crippen LogP contribution in [0.2, 0.25) is 0 Å². The Kier molecular flexibility index (Phi) is 4.11. The highest BCUT2D eigenvalue weighted by atomic mass is 16.2. The third-order valence-corrected chi connectivity index (χ3v) is 3.47. The molecule has 24 heavy (non-hydrogen) atoms. The molecule has 3 rings (SSSR count). The highest BCUT2D eigenvalue weighted by Crippen LogP contribution is 2.22. The molecular weight excluding hydrogens is 308 g/mol. The van der Waals surface area contributed by atoms with Crippen LogP contribution in [0.5, 0.6) is 0 Å². The Morgan fingerprint density at radius 3 is 1.58 bits per heavy atom. The first kappa shape index (κ1) is 15.5. The largest absolute Gasteiger partial charge is 0.330 e. The van der Waals surface area contributed by atoms with E-state index in [1.54, 1.807) is 72.3 Å². The second-order valence-corrected chi connectivity index (χ2v) is 5.18. The van der Waals surface area contributed by atoms with Crippen LogP contribution in [0, 0.1) is 0 Å². The number of amides is 2. The van der Waals surface area contributed by atoms with E-state index in [0.717, 1.165) is 0 Å². The summed E-state index contributed by atoms with van der Waals surface area (Å²) in [6, 6.07) is 6.94. The van der Waals surface area contributed by atoms with Crippen molar-refractivity contribution in [1.82, 2.24) is 19.1 Å². The predicted molar refractivity (Wildman–Crippen MR) is 88.8 cm³/mol. The first-order valence-electron chi connectivity index (χ1n) is 7.22. The minimum atomic E-state index is -0.360. The monoisotopic (exact) mass is 324 g/mol. The molecule has 1 aromatic carbocycles. The van der Waals surface area contributed by atoms with Gasteiger partial charge in [0, 0.05) is 38.9 Å². The fourth-order valence-corrected chi connectivity index (χ4v) is 2.23. The van der Waals surface area contributed by atoms with Gasteiger partial charge >= 0.3 is 0 Å². The Labute approximate surface area is 138 Å². The zero-order chi connectivity index (χ0) is 17.1. The van der Waals surface area contributed by atoms with E-state index in [1.165, 1.54) is 0 Å². The maximum absolute atomic E-state index is 12.3. The summed E-state index contributed by atoms with van der Waals surface area (Å²) in [5.74, 6) is -0.164. The van der Waals surface area contributed by atoms with E-state index in [4.69, 9.17) is 0 Å². The van der Waals surface area contributed by atoms with Crippen LogP contribution in [0.4, 0.5) is 11.4 Å². The Morgan fingerprint density at radius 2 is 1.25 bits per heavy atom. The highest BCUT2D eigenvalue weighted by Gasteiger charge is 2.16. The molecule has 0 bridgehead atoms. The van der Waals surface area contributed by atoms with Gasteiger partial charge in [0.25, 0.3) is 11.8 Å². The first-order chi connectivity index (χ1) is 11.6. The molecule has 8 heteroatoms. The SMILES string of the molecule is Cn1ccnc1C(=O)Nc1ccccc1NC(=O)c1nccn1C. The fraction of sp³-hybridized carbons (Fsp3) is 0.125. The molecule has 0 aliphatic heterocycles. The lowest BCUT2D eigenvalue weighted by atomic mass is 10.2. The smallest absolute Gasteiger partial charge is 0.291 e. The highest BCUT2D eigenvalue weighted by molar-refractivity contribution is 6.07. The molecule has 2 N–H and O–H groups in total. The van der Waals surface area contributed by atoms with Crippen LogP contribution >= 0.6 is 0 Å². The van der Waals surface area contributed by atoms with E-state index in [0.29, 0.717) is 11.4 Å². The number of aryl methyl sites for hydroxylation is 2. The normalized spacial score (nSPS) is 10.4. The van der Waals surface area contributed by atoms with Gasteiger partial charge in [-0.15, -0.1) is 0 Å². The molecule has 0 atom stereocenters. The lowest BCUT2D eigenvalue weighted by Crippen LogP contribution is -2.20. The molecule has 0 spiro atoms. The number of hydrogen-bond acceptors (Lipinski definition) is 4. The van der Waals surface area contributed by atoms with Gasteiger partial charge in [-0.25, -0.2) is 9.97 Å². The van der Waals surface area contributed by atoms with Crippen molar-refractivity contribution in [3.05, 3.63) is 60.7 Å². The van der Waals surface area contributed by atoms with Crippen LogP contribution < -0.4 is 10.6 Å². The maximum atomic E-state index is 12.3. The van der Waals surface area contributed by atoms with Crippen molar-refractivity contribution < 1.29 is 9.59 Å². The molecular formula is C16H16N6O2. The summed E-state index contributed by atoms with van der Waals surface area (Å²) in [4.78, 5) is 32.6. The Balaban J connectivity index is 1.81. The third kappa shape index (κ3) is 3.02. The van der Waals surface area contributed by atoms with Gasteiger partial charge in [0.2, 0.25) is 0 Å². The van der Waals surface area contributed by atoms with E-state index in [9.17, 15) is 9.59 Å². The summed E-state index contributed by atoms with van der Waals surface area (Å²) in [6.45, 7) is 0. The average Bonchev–Trinajstić information content (AvgIpc) is 3.17. The number of carbonyl (C=O) groups is 2. The minimum absolute atomic E-state index is 0.278. The number of rotatable bonds is 4. The molecule has 0 aliphatic carbocycles. The van der Waals surface area contributed by atoms with E-state index < -0.39 is 0 Å². The summed E-state index contributed by atoms with van der Waals surface area (Å²) in [5.41, 5.74) is 0.959. The molecule has 0 fully saturated rings. The molecule has 0 unspecified atom stereocenters. The molecule has 2 aromatic heterocycles. The summed E-state index contributed by atoms with van der Waals surface area (Å²) >= 11 is 0. The predicted octanol–water partition coefficient (Wildman–Crippen LogP) is 1.66. The first-order valence-corrected chi connectivity index (χ1v) is 7.22. The zero-order valence-corrected chi connectivity index (χ0v) is 13.2. The van der Waals surface area contributed by atoms with Crippen molar-refractivity contribution in [1.29, 1.82) is 0 Å². The van der Waals surface area contributed by atoms with Crippen molar-refractivity contribution in [3.63, 3.8) is 0 Å². The van der Waals surface area contributed by atoms with Crippen LogP contribution in [0.3, 0.4) is 0 Å². The molecule has 0 radical (unpaired) electrons. The van der Waals surface area contributed by atoms with Gasteiger partial charge in [0.15, 0.2) is 11.6 Å². The van der Waals surface area contributed by atoms with Crippen molar-refractivity contribution in [2.24, 2.45) is 14.1 Å². The quantitative estimate of drug-likeness (QED) is 0.763. The Bertz CT molecular complexity index is 822. The molecule has 2 heterocycles. The summed E-state index contributed by atoms with van der Waals surface area (Å²) in [6.07, 6.45) is 6.46. The number of benzene rings is 1. The number of aromatic nitrogens is 4. The maximum Gasteiger partial charge on any atom is 0.291 e. The summed E-state index contributed by atoms with van der Waals surface area (Å²) in [7, 11) is 3.47. The lowest BCUT2D eigenvalue weighted by molar-refractivity contribution is 0.0999. The van der Waals surface area contributed by atoms with Crippen LogP contribution in [0.1, 0.15) is 21.2 Å². The van der Waals surface area contributed by atoms with Crippen molar-refractivity contribution in [3.8, 4) is 0 Å². The van der Waals surface area contributed by atoms with E-state index in [1.807, 2.05) is 0 Å². The van der Waals surface area contributed by atoms with Gasteiger partial charge in [-0.1, -0.05) is 12.1 Å². The third-order valence-electron chi connectivity index (χ3n) is 3.47. The Hall–Kier alpha value is -3.42.